The Kier molecular flexibility index (Phi) is 4.00. The van der Waals surface area contributed by atoms with Crippen molar-refractivity contribution >= 4 is 33.4 Å². The van der Waals surface area contributed by atoms with E-state index in [-0.39, 0.29) is 6.03 Å². The van der Waals surface area contributed by atoms with Crippen LogP contribution < -0.4 is 5.32 Å². The SMILES string of the molecule is CN(C)C(=O)N1CCn2nc(CNc3ncnc4ccsc34)cc2C1. The summed E-state index contributed by atoms with van der Waals surface area (Å²) < 4.78 is 3.03. The minimum atomic E-state index is 0.0354. The summed E-state index contributed by atoms with van der Waals surface area (Å²) in [6, 6.07) is 4.07. The number of hydrogen-bond acceptors (Lipinski definition) is 6. The van der Waals surface area contributed by atoms with Gasteiger partial charge in [0.2, 0.25) is 0 Å². The Hall–Kier alpha value is -2.68. The van der Waals surface area contributed by atoms with Gasteiger partial charge in [-0.1, -0.05) is 0 Å². The number of carbonyl (C=O) groups is 1. The van der Waals surface area contributed by atoms with Gasteiger partial charge in [-0.3, -0.25) is 4.68 Å². The zero-order chi connectivity index (χ0) is 17.4. The molecule has 4 heterocycles. The van der Waals surface area contributed by atoms with E-state index < -0.39 is 0 Å². The van der Waals surface area contributed by atoms with Crippen molar-refractivity contribution in [2.75, 3.05) is 26.0 Å². The number of thiophene rings is 1. The first-order valence-electron chi connectivity index (χ1n) is 8.06. The Morgan fingerprint density at radius 1 is 1.36 bits per heavy atom. The molecule has 8 nitrogen and oxygen atoms in total. The number of anilines is 1. The maximum Gasteiger partial charge on any atom is 0.319 e. The van der Waals surface area contributed by atoms with E-state index in [2.05, 4.69) is 26.4 Å². The molecule has 2 amide bonds. The molecular weight excluding hydrogens is 338 g/mol. The average Bonchev–Trinajstić information content (AvgIpc) is 3.24. The topological polar surface area (TPSA) is 79.2 Å². The van der Waals surface area contributed by atoms with E-state index in [1.807, 2.05) is 21.0 Å². The highest BCUT2D eigenvalue weighted by atomic mass is 32.1. The zero-order valence-corrected chi connectivity index (χ0v) is 15.0. The van der Waals surface area contributed by atoms with Crippen LogP contribution in [0.5, 0.6) is 0 Å². The third kappa shape index (κ3) is 3.02. The first-order chi connectivity index (χ1) is 12.1. The Morgan fingerprint density at radius 3 is 3.08 bits per heavy atom. The lowest BCUT2D eigenvalue weighted by Gasteiger charge is -2.29. The fraction of sp³-hybridized carbons (Fsp3) is 0.375. The Bertz CT molecular complexity index is 916. The minimum Gasteiger partial charge on any atom is -0.363 e. The van der Waals surface area contributed by atoms with Gasteiger partial charge in [0.15, 0.2) is 0 Å². The van der Waals surface area contributed by atoms with E-state index in [9.17, 15) is 4.79 Å². The second-order valence-corrected chi connectivity index (χ2v) is 7.08. The van der Waals surface area contributed by atoms with Crippen LogP contribution in [0.4, 0.5) is 10.6 Å². The minimum absolute atomic E-state index is 0.0354. The summed E-state index contributed by atoms with van der Waals surface area (Å²) in [4.78, 5) is 24.1. The molecule has 0 spiro atoms. The van der Waals surface area contributed by atoms with Crippen LogP contribution >= 0.6 is 11.3 Å². The summed E-state index contributed by atoms with van der Waals surface area (Å²) >= 11 is 1.62. The molecule has 3 aromatic heterocycles. The monoisotopic (exact) mass is 357 g/mol. The van der Waals surface area contributed by atoms with E-state index in [1.54, 1.807) is 36.7 Å². The number of hydrogen-bond donors (Lipinski definition) is 1. The summed E-state index contributed by atoms with van der Waals surface area (Å²) in [5.74, 6) is 0.829. The average molecular weight is 357 g/mol. The van der Waals surface area contributed by atoms with Crippen LogP contribution in [0.15, 0.2) is 23.8 Å². The molecule has 0 saturated heterocycles. The summed E-state index contributed by atoms with van der Waals surface area (Å²) in [6.45, 7) is 2.58. The lowest BCUT2D eigenvalue weighted by atomic mass is 10.3. The zero-order valence-electron chi connectivity index (χ0n) is 14.1. The van der Waals surface area contributed by atoms with Crippen molar-refractivity contribution in [3.8, 4) is 0 Å². The summed E-state index contributed by atoms with van der Waals surface area (Å²) in [5, 5.41) is 9.99. The highest BCUT2D eigenvalue weighted by Gasteiger charge is 2.23. The molecule has 1 aliphatic rings. The van der Waals surface area contributed by atoms with E-state index >= 15 is 0 Å². The smallest absolute Gasteiger partial charge is 0.319 e. The quantitative estimate of drug-likeness (QED) is 0.776. The lowest BCUT2D eigenvalue weighted by Crippen LogP contribution is -2.43. The van der Waals surface area contributed by atoms with E-state index in [0.717, 1.165) is 34.0 Å². The van der Waals surface area contributed by atoms with Gasteiger partial charge in [0, 0.05) is 20.6 Å². The molecule has 0 bridgehead atoms. The number of nitrogens with zero attached hydrogens (tertiary/aromatic N) is 6. The van der Waals surface area contributed by atoms with Crippen LogP contribution in [0.2, 0.25) is 0 Å². The molecule has 0 saturated carbocycles. The molecule has 0 radical (unpaired) electrons. The van der Waals surface area contributed by atoms with E-state index in [4.69, 9.17) is 0 Å². The fourth-order valence-corrected chi connectivity index (χ4v) is 3.76. The highest BCUT2D eigenvalue weighted by Crippen LogP contribution is 2.25. The molecule has 0 aromatic carbocycles. The van der Waals surface area contributed by atoms with Gasteiger partial charge < -0.3 is 15.1 Å². The number of rotatable bonds is 3. The van der Waals surface area contributed by atoms with Gasteiger partial charge in [-0.05, 0) is 17.5 Å². The molecule has 0 aliphatic carbocycles. The van der Waals surface area contributed by atoms with Crippen molar-refractivity contribution in [1.29, 1.82) is 0 Å². The Balaban J connectivity index is 1.47. The molecular formula is C16H19N7OS. The van der Waals surface area contributed by atoms with Crippen molar-refractivity contribution in [2.45, 2.75) is 19.6 Å². The predicted octanol–water partition coefficient (Wildman–Crippen LogP) is 2.00. The van der Waals surface area contributed by atoms with Gasteiger partial charge in [-0.25, -0.2) is 14.8 Å². The van der Waals surface area contributed by atoms with Crippen molar-refractivity contribution in [3.63, 3.8) is 0 Å². The molecule has 0 fully saturated rings. The molecule has 1 aliphatic heterocycles. The molecule has 1 N–H and O–H groups in total. The molecule has 130 valence electrons. The molecule has 9 heteroatoms. The number of carbonyl (C=O) groups excluding carboxylic acids is 1. The largest absolute Gasteiger partial charge is 0.363 e. The number of fused-ring (bicyclic) bond motifs is 2. The second kappa shape index (κ2) is 6.32. The maximum atomic E-state index is 12.1. The Morgan fingerprint density at radius 2 is 2.24 bits per heavy atom. The normalized spacial score (nSPS) is 13.8. The number of amides is 2. The number of urea groups is 1. The van der Waals surface area contributed by atoms with Crippen LogP contribution in [0, 0.1) is 0 Å². The first-order valence-corrected chi connectivity index (χ1v) is 8.93. The third-order valence-electron chi connectivity index (χ3n) is 4.18. The van der Waals surface area contributed by atoms with Gasteiger partial charge in [0.25, 0.3) is 0 Å². The van der Waals surface area contributed by atoms with Gasteiger partial charge in [0.1, 0.15) is 12.1 Å². The summed E-state index contributed by atoms with van der Waals surface area (Å²) in [6.07, 6.45) is 1.57. The van der Waals surface area contributed by atoms with E-state index in [1.165, 1.54) is 0 Å². The summed E-state index contributed by atoms with van der Waals surface area (Å²) in [7, 11) is 3.55. The second-order valence-electron chi connectivity index (χ2n) is 6.16. The summed E-state index contributed by atoms with van der Waals surface area (Å²) in [5.41, 5.74) is 2.95. The standard InChI is InChI=1S/C16H19N7OS/c1-21(2)16(24)22-4-5-23-12(9-22)7-11(20-23)8-17-15-14-13(3-6-25-14)18-10-19-15/h3,6-7,10H,4-5,8-9H2,1-2H3,(H,17,18,19). The third-order valence-corrected chi connectivity index (χ3v) is 5.09. The molecule has 25 heavy (non-hydrogen) atoms. The number of aromatic nitrogens is 4. The predicted molar refractivity (Wildman–Crippen MR) is 96.5 cm³/mol. The van der Waals surface area contributed by atoms with Gasteiger partial charge in [0.05, 0.1) is 41.2 Å². The maximum absolute atomic E-state index is 12.1. The lowest BCUT2D eigenvalue weighted by molar-refractivity contribution is 0.155. The molecule has 0 atom stereocenters. The van der Waals surface area contributed by atoms with Crippen molar-refractivity contribution in [3.05, 3.63) is 35.2 Å². The van der Waals surface area contributed by atoms with Crippen molar-refractivity contribution in [1.82, 2.24) is 29.5 Å². The van der Waals surface area contributed by atoms with Crippen molar-refractivity contribution in [2.24, 2.45) is 0 Å². The van der Waals surface area contributed by atoms with E-state index in [0.29, 0.717) is 19.6 Å². The van der Waals surface area contributed by atoms with Crippen LogP contribution in [-0.2, 0) is 19.6 Å². The highest BCUT2D eigenvalue weighted by molar-refractivity contribution is 7.17. The first kappa shape index (κ1) is 15.8. The van der Waals surface area contributed by atoms with Gasteiger partial charge >= 0.3 is 6.03 Å². The molecule has 0 unspecified atom stereocenters. The van der Waals surface area contributed by atoms with Crippen LogP contribution in [0.1, 0.15) is 11.4 Å². The molecule has 4 rings (SSSR count). The van der Waals surface area contributed by atoms with Crippen LogP contribution in [-0.4, -0.2) is 56.2 Å². The fourth-order valence-electron chi connectivity index (χ4n) is 2.95. The van der Waals surface area contributed by atoms with Gasteiger partial charge in [-0.2, -0.15) is 5.10 Å². The van der Waals surface area contributed by atoms with Crippen molar-refractivity contribution < 1.29 is 4.79 Å². The Labute approximate surface area is 149 Å². The molecule has 3 aromatic rings. The van der Waals surface area contributed by atoms with Gasteiger partial charge in [-0.15, -0.1) is 11.3 Å². The number of nitrogens with one attached hydrogen (secondary N) is 1. The van der Waals surface area contributed by atoms with Crippen LogP contribution in [0.25, 0.3) is 10.2 Å². The van der Waals surface area contributed by atoms with Crippen LogP contribution in [0.3, 0.4) is 0 Å².